The van der Waals surface area contributed by atoms with Gasteiger partial charge in [0.1, 0.15) is 16.5 Å². The summed E-state index contributed by atoms with van der Waals surface area (Å²) < 4.78 is 1.10. The van der Waals surface area contributed by atoms with Crippen molar-refractivity contribution in [3.63, 3.8) is 0 Å². The molecule has 0 amide bonds. The van der Waals surface area contributed by atoms with E-state index in [1.807, 2.05) is 12.3 Å². The van der Waals surface area contributed by atoms with Crippen LogP contribution in [0.1, 0.15) is 43.0 Å². The molecule has 4 aromatic heterocycles. The Morgan fingerprint density at radius 2 is 2.03 bits per heavy atom. The number of hydrogen-bond acceptors (Lipinski definition) is 6. The van der Waals surface area contributed by atoms with Gasteiger partial charge < -0.3 is 10.3 Å². The quantitative estimate of drug-likeness (QED) is 0.401. The third-order valence-electron chi connectivity index (χ3n) is 6.02. The number of rotatable bonds is 5. The van der Waals surface area contributed by atoms with Crippen molar-refractivity contribution in [1.29, 1.82) is 0 Å². The number of pyridine rings is 1. The van der Waals surface area contributed by atoms with Gasteiger partial charge in [-0.3, -0.25) is 0 Å². The monoisotopic (exact) mass is 414 g/mol. The van der Waals surface area contributed by atoms with E-state index in [0.29, 0.717) is 5.92 Å². The molecule has 0 unspecified atom stereocenters. The second kappa shape index (κ2) is 7.32. The minimum absolute atomic E-state index is 0.476. The van der Waals surface area contributed by atoms with E-state index in [1.165, 1.54) is 31.2 Å². The number of nitrogens with zero attached hydrogens (tertiary/aromatic N) is 4. The first kappa shape index (κ1) is 17.8. The zero-order valence-electron chi connectivity index (χ0n) is 16.6. The van der Waals surface area contributed by atoms with Crippen LogP contribution in [0, 0.1) is 0 Å². The smallest absolute Gasteiger partial charge is 0.147 e. The van der Waals surface area contributed by atoms with Crippen LogP contribution in [-0.4, -0.2) is 31.5 Å². The third kappa shape index (κ3) is 3.10. The van der Waals surface area contributed by atoms with Gasteiger partial charge in [-0.05, 0) is 49.1 Å². The molecule has 5 aromatic rings. The minimum Gasteiger partial charge on any atom is -0.368 e. The maximum atomic E-state index is 5.01. The predicted molar refractivity (Wildman–Crippen MR) is 122 cm³/mol. The number of benzene rings is 1. The van der Waals surface area contributed by atoms with Crippen molar-refractivity contribution in [3.8, 4) is 0 Å². The van der Waals surface area contributed by atoms with E-state index in [2.05, 4.69) is 44.5 Å². The predicted octanol–water partition coefficient (Wildman–Crippen LogP) is 5.43. The van der Waals surface area contributed by atoms with Crippen molar-refractivity contribution in [2.75, 3.05) is 11.9 Å². The average molecular weight is 415 g/mol. The Bertz CT molecular complexity index is 1350. The largest absolute Gasteiger partial charge is 0.368 e. The minimum atomic E-state index is 0.476. The molecule has 6 rings (SSSR count). The van der Waals surface area contributed by atoms with Gasteiger partial charge in [0.05, 0.1) is 27.6 Å². The fourth-order valence-electron chi connectivity index (χ4n) is 4.44. The van der Waals surface area contributed by atoms with Crippen molar-refractivity contribution >= 4 is 48.6 Å². The fourth-order valence-corrected chi connectivity index (χ4v) is 5.49. The molecular weight excluding hydrogens is 392 g/mol. The molecule has 1 aromatic carbocycles. The van der Waals surface area contributed by atoms with Crippen LogP contribution < -0.4 is 5.32 Å². The summed E-state index contributed by atoms with van der Waals surface area (Å²) in [6.45, 7) is 0.813. The summed E-state index contributed by atoms with van der Waals surface area (Å²) in [5.41, 5.74) is 4.39. The summed E-state index contributed by atoms with van der Waals surface area (Å²) >= 11 is 1.68. The van der Waals surface area contributed by atoms with Gasteiger partial charge in [0, 0.05) is 24.0 Å². The normalized spacial score (nSPS) is 14.9. The van der Waals surface area contributed by atoms with Crippen molar-refractivity contribution in [3.05, 3.63) is 54.2 Å². The second-order valence-corrected chi connectivity index (χ2v) is 8.98. The molecular formula is C23H22N6S. The molecule has 0 saturated heterocycles. The number of anilines is 1. The van der Waals surface area contributed by atoms with Gasteiger partial charge in [-0.1, -0.05) is 18.9 Å². The number of imidazole rings is 1. The lowest BCUT2D eigenvalue weighted by atomic mass is 10.1. The average Bonchev–Trinajstić information content (AvgIpc) is 3.52. The highest BCUT2D eigenvalue weighted by molar-refractivity contribution is 7.25. The zero-order valence-corrected chi connectivity index (χ0v) is 17.4. The van der Waals surface area contributed by atoms with Gasteiger partial charge in [-0.15, -0.1) is 11.3 Å². The van der Waals surface area contributed by atoms with Crippen molar-refractivity contribution in [1.82, 2.24) is 24.9 Å². The molecule has 0 aliphatic heterocycles. The number of H-pyrrole nitrogens is 1. The van der Waals surface area contributed by atoms with E-state index in [4.69, 9.17) is 9.97 Å². The molecule has 6 nitrogen and oxygen atoms in total. The Morgan fingerprint density at radius 1 is 1.10 bits per heavy atom. The molecule has 150 valence electrons. The van der Waals surface area contributed by atoms with Crippen LogP contribution in [0.3, 0.4) is 0 Å². The first-order valence-corrected chi connectivity index (χ1v) is 11.4. The number of fused-ring (bicyclic) bond motifs is 4. The van der Waals surface area contributed by atoms with Gasteiger partial charge >= 0.3 is 0 Å². The molecule has 4 heterocycles. The Hall–Kier alpha value is -3.06. The van der Waals surface area contributed by atoms with Crippen LogP contribution >= 0.6 is 11.3 Å². The van der Waals surface area contributed by atoms with Crippen molar-refractivity contribution in [2.24, 2.45) is 0 Å². The highest BCUT2D eigenvalue weighted by Crippen LogP contribution is 2.38. The summed E-state index contributed by atoms with van der Waals surface area (Å²) in [5.74, 6) is 2.42. The standard InChI is InChI=1S/C23H22N6S/c1-2-5-15(4-1)21-28-19-16-6-3-10-25-23(16)30-20(19)22(29-21)24-11-9-14-7-8-17-18(12-14)27-13-26-17/h3,6-8,10,12-13,15H,1-2,4-5,9,11H2,(H,26,27)(H,24,28,29). The molecule has 0 spiro atoms. The number of hydrogen-bond donors (Lipinski definition) is 2. The number of aromatic amines is 1. The maximum Gasteiger partial charge on any atom is 0.147 e. The van der Waals surface area contributed by atoms with E-state index in [0.717, 1.165) is 56.1 Å². The van der Waals surface area contributed by atoms with Crippen LogP contribution in [0.15, 0.2) is 42.9 Å². The molecule has 2 N–H and O–H groups in total. The Balaban J connectivity index is 1.33. The highest BCUT2D eigenvalue weighted by Gasteiger charge is 2.23. The molecule has 0 radical (unpaired) electrons. The molecule has 1 aliphatic carbocycles. The summed E-state index contributed by atoms with van der Waals surface area (Å²) in [7, 11) is 0. The van der Waals surface area contributed by atoms with Crippen molar-refractivity contribution < 1.29 is 0 Å². The number of aromatic nitrogens is 5. The van der Waals surface area contributed by atoms with Gasteiger partial charge in [0.2, 0.25) is 0 Å². The molecule has 1 aliphatic rings. The summed E-state index contributed by atoms with van der Waals surface area (Å²) in [5, 5.41) is 4.74. The number of thiophene rings is 1. The molecule has 1 saturated carbocycles. The van der Waals surface area contributed by atoms with Gasteiger partial charge in [0.15, 0.2) is 0 Å². The topological polar surface area (TPSA) is 79.4 Å². The molecule has 0 bridgehead atoms. The Morgan fingerprint density at radius 3 is 2.97 bits per heavy atom. The number of nitrogens with one attached hydrogen (secondary N) is 2. The van der Waals surface area contributed by atoms with Crippen LogP contribution in [-0.2, 0) is 6.42 Å². The molecule has 7 heteroatoms. The van der Waals surface area contributed by atoms with E-state index in [9.17, 15) is 0 Å². The fraction of sp³-hybridized carbons (Fsp3) is 0.304. The Labute approximate surface area is 177 Å². The third-order valence-corrected chi connectivity index (χ3v) is 7.13. The van der Waals surface area contributed by atoms with E-state index >= 15 is 0 Å². The molecule has 30 heavy (non-hydrogen) atoms. The van der Waals surface area contributed by atoms with E-state index < -0.39 is 0 Å². The summed E-state index contributed by atoms with van der Waals surface area (Å²) in [4.78, 5) is 23.1. The highest BCUT2D eigenvalue weighted by atomic mass is 32.1. The van der Waals surface area contributed by atoms with E-state index in [1.54, 1.807) is 17.7 Å². The zero-order chi connectivity index (χ0) is 19.9. The van der Waals surface area contributed by atoms with E-state index in [-0.39, 0.29) is 0 Å². The Kier molecular flexibility index (Phi) is 4.34. The lowest BCUT2D eigenvalue weighted by Crippen LogP contribution is -2.09. The van der Waals surface area contributed by atoms with Crippen LogP contribution in [0.4, 0.5) is 5.82 Å². The van der Waals surface area contributed by atoms with Gasteiger partial charge in [-0.25, -0.2) is 19.9 Å². The molecule has 0 atom stereocenters. The maximum absolute atomic E-state index is 5.01. The van der Waals surface area contributed by atoms with Crippen LogP contribution in [0.2, 0.25) is 0 Å². The second-order valence-electron chi connectivity index (χ2n) is 7.98. The summed E-state index contributed by atoms with van der Waals surface area (Å²) in [6.07, 6.45) is 9.43. The van der Waals surface area contributed by atoms with Gasteiger partial charge in [0.25, 0.3) is 0 Å². The van der Waals surface area contributed by atoms with Crippen LogP contribution in [0.5, 0.6) is 0 Å². The lowest BCUT2D eigenvalue weighted by Gasteiger charge is -2.12. The van der Waals surface area contributed by atoms with Crippen molar-refractivity contribution in [2.45, 2.75) is 38.0 Å². The lowest BCUT2D eigenvalue weighted by molar-refractivity contribution is 0.673. The first-order chi connectivity index (χ1) is 14.8. The summed E-state index contributed by atoms with van der Waals surface area (Å²) in [6, 6.07) is 10.5. The SMILES string of the molecule is c1cnc2sc3c(NCCc4ccc5[nH]cnc5c4)nc(C4CCCC4)nc3c2c1. The van der Waals surface area contributed by atoms with Crippen LogP contribution in [0.25, 0.3) is 31.5 Å². The first-order valence-electron chi connectivity index (χ1n) is 10.6. The van der Waals surface area contributed by atoms with Gasteiger partial charge in [-0.2, -0.15) is 0 Å². The molecule has 1 fully saturated rings.